The Morgan fingerprint density at radius 2 is 2.08 bits per heavy atom. The average Bonchev–Trinajstić information content (AvgIpc) is 3.15. The topological polar surface area (TPSA) is 76.6 Å². The molecule has 2 heterocycles. The summed E-state index contributed by atoms with van der Waals surface area (Å²) >= 11 is 6.43. The SMILES string of the molecule is CCN1C(=O)/C(=C/c2ccc(-c3cc(C)c(C)c([N+](=O)[O-])c3)o2)SC1=S. The van der Waals surface area contributed by atoms with Gasteiger partial charge in [0.15, 0.2) is 0 Å². The van der Waals surface area contributed by atoms with Gasteiger partial charge in [-0.1, -0.05) is 24.0 Å². The van der Waals surface area contributed by atoms with Crippen LogP contribution in [0.3, 0.4) is 0 Å². The number of nitro benzene ring substituents is 1. The second-order valence-electron chi connectivity index (χ2n) is 5.82. The number of aryl methyl sites for hydroxylation is 1. The first-order valence-corrected chi connectivity index (χ1v) is 9.15. The predicted octanol–water partition coefficient (Wildman–Crippen LogP) is 4.69. The van der Waals surface area contributed by atoms with Crippen LogP contribution in [0.2, 0.25) is 0 Å². The minimum atomic E-state index is -0.397. The number of hydrogen-bond acceptors (Lipinski definition) is 6. The normalized spacial score (nSPS) is 16.0. The minimum absolute atomic E-state index is 0.0572. The van der Waals surface area contributed by atoms with E-state index in [0.717, 1.165) is 5.56 Å². The zero-order valence-corrected chi connectivity index (χ0v) is 16.1. The van der Waals surface area contributed by atoms with Gasteiger partial charge < -0.3 is 4.42 Å². The lowest BCUT2D eigenvalue weighted by molar-refractivity contribution is -0.385. The summed E-state index contributed by atoms with van der Waals surface area (Å²) in [6.07, 6.45) is 1.65. The Morgan fingerprint density at radius 3 is 2.69 bits per heavy atom. The Kier molecular flexibility index (Phi) is 4.97. The lowest BCUT2D eigenvalue weighted by Gasteiger charge is -2.09. The van der Waals surface area contributed by atoms with Crippen LogP contribution in [0.5, 0.6) is 0 Å². The molecule has 8 heteroatoms. The summed E-state index contributed by atoms with van der Waals surface area (Å²) < 4.78 is 6.32. The standard InChI is InChI=1S/C18H16N2O4S2/c1-4-19-17(21)16(26-18(19)25)9-13-5-6-15(24-13)12-7-10(2)11(3)14(8-12)20(22)23/h5-9H,4H2,1-3H3/b16-9-. The molecule has 1 saturated heterocycles. The van der Waals surface area contributed by atoms with Crippen molar-refractivity contribution in [2.24, 2.45) is 0 Å². The summed E-state index contributed by atoms with van der Waals surface area (Å²) in [6, 6.07) is 6.82. The number of benzene rings is 1. The zero-order chi connectivity index (χ0) is 19.0. The number of nitro groups is 1. The number of nitrogens with zero attached hydrogens (tertiary/aromatic N) is 2. The van der Waals surface area contributed by atoms with E-state index in [2.05, 4.69) is 0 Å². The third-order valence-corrected chi connectivity index (χ3v) is 5.59. The van der Waals surface area contributed by atoms with E-state index in [1.165, 1.54) is 22.7 Å². The second-order valence-corrected chi connectivity index (χ2v) is 7.50. The lowest BCUT2D eigenvalue weighted by atomic mass is 10.0. The van der Waals surface area contributed by atoms with E-state index in [4.69, 9.17) is 16.6 Å². The molecule has 0 spiro atoms. The Balaban J connectivity index is 1.94. The fraction of sp³-hybridized carbons (Fsp3) is 0.222. The Labute approximate surface area is 160 Å². The van der Waals surface area contributed by atoms with E-state index in [9.17, 15) is 14.9 Å². The second kappa shape index (κ2) is 7.05. The van der Waals surface area contributed by atoms with Crippen LogP contribution in [-0.4, -0.2) is 26.6 Å². The number of rotatable bonds is 4. The van der Waals surface area contributed by atoms with Crippen LogP contribution in [-0.2, 0) is 4.79 Å². The fourth-order valence-corrected chi connectivity index (χ4v) is 4.02. The van der Waals surface area contributed by atoms with E-state index in [-0.39, 0.29) is 11.6 Å². The van der Waals surface area contributed by atoms with Crippen LogP contribution in [0.4, 0.5) is 5.69 Å². The number of furan rings is 1. The van der Waals surface area contributed by atoms with Crippen molar-refractivity contribution in [3.05, 3.63) is 56.2 Å². The Morgan fingerprint density at radius 1 is 1.35 bits per heavy atom. The van der Waals surface area contributed by atoms with Gasteiger partial charge in [-0.25, -0.2) is 0 Å². The summed E-state index contributed by atoms with van der Waals surface area (Å²) in [7, 11) is 0. The van der Waals surface area contributed by atoms with E-state index in [0.29, 0.717) is 38.4 Å². The number of likely N-dealkylation sites (N-methyl/N-ethyl adjacent to an activating group) is 1. The first-order valence-electron chi connectivity index (χ1n) is 7.93. The summed E-state index contributed by atoms with van der Waals surface area (Å²) in [5.74, 6) is 0.869. The van der Waals surface area contributed by atoms with Gasteiger partial charge >= 0.3 is 0 Å². The van der Waals surface area contributed by atoms with Gasteiger partial charge in [-0.3, -0.25) is 19.8 Å². The van der Waals surface area contributed by atoms with E-state index in [1.54, 1.807) is 25.1 Å². The highest BCUT2D eigenvalue weighted by molar-refractivity contribution is 8.26. The van der Waals surface area contributed by atoms with E-state index in [1.807, 2.05) is 19.9 Å². The van der Waals surface area contributed by atoms with Crippen LogP contribution >= 0.6 is 24.0 Å². The molecule has 1 fully saturated rings. The molecule has 0 atom stereocenters. The zero-order valence-electron chi connectivity index (χ0n) is 14.4. The van der Waals surface area contributed by atoms with Crippen molar-refractivity contribution in [2.75, 3.05) is 6.54 Å². The molecule has 3 rings (SSSR count). The molecule has 1 aliphatic rings. The third kappa shape index (κ3) is 3.30. The average molecular weight is 388 g/mol. The number of amides is 1. The van der Waals surface area contributed by atoms with Crippen molar-refractivity contribution in [3.63, 3.8) is 0 Å². The number of thioether (sulfide) groups is 1. The molecule has 134 valence electrons. The largest absolute Gasteiger partial charge is 0.457 e. The first-order chi connectivity index (χ1) is 12.3. The van der Waals surface area contributed by atoms with Crippen LogP contribution in [0.1, 0.15) is 23.8 Å². The number of carbonyl (C=O) groups is 1. The van der Waals surface area contributed by atoms with Gasteiger partial charge in [0.2, 0.25) is 0 Å². The van der Waals surface area contributed by atoms with Crippen molar-refractivity contribution in [1.82, 2.24) is 4.90 Å². The molecule has 0 saturated carbocycles. The molecular formula is C18H16N2O4S2. The van der Waals surface area contributed by atoms with Gasteiger partial charge in [-0.05, 0) is 44.5 Å². The first kappa shape index (κ1) is 18.3. The van der Waals surface area contributed by atoms with Crippen molar-refractivity contribution in [2.45, 2.75) is 20.8 Å². The number of hydrogen-bond donors (Lipinski definition) is 0. The lowest BCUT2D eigenvalue weighted by Crippen LogP contribution is -2.27. The van der Waals surface area contributed by atoms with Crippen LogP contribution < -0.4 is 0 Å². The molecule has 0 unspecified atom stereocenters. The molecule has 0 aliphatic carbocycles. The van der Waals surface area contributed by atoms with Crippen molar-refractivity contribution >= 4 is 46.0 Å². The minimum Gasteiger partial charge on any atom is -0.457 e. The van der Waals surface area contributed by atoms with Gasteiger partial charge in [0.05, 0.1) is 9.83 Å². The van der Waals surface area contributed by atoms with Gasteiger partial charge in [0.1, 0.15) is 15.8 Å². The summed E-state index contributed by atoms with van der Waals surface area (Å²) in [4.78, 5) is 25.1. The third-order valence-electron chi connectivity index (χ3n) is 4.21. The molecule has 1 aromatic heterocycles. The summed E-state index contributed by atoms with van der Waals surface area (Å²) in [6.45, 7) is 5.94. The van der Waals surface area contributed by atoms with Crippen LogP contribution in [0, 0.1) is 24.0 Å². The highest BCUT2D eigenvalue weighted by atomic mass is 32.2. The van der Waals surface area contributed by atoms with Crippen molar-refractivity contribution < 1.29 is 14.1 Å². The van der Waals surface area contributed by atoms with Crippen molar-refractivity contribution in [3.8, 4) is 11.3 Å². The van der Waals surface area contributed by atoms with Gasteiger partial charge in [-0.15, -0.1) is 0 Å². The highest BCUT2D eigenvalue weighted by Gasteiger charge is 2.30. The number of thiocarbonyl (C=S) groups is 1. The molecule has 0 N–H and O–H groups in total. The van der Waals surface area contributed by atoms with Crippen LogP contribution in [0.15, 0.2) is 33.6 Å². The van der Waals surface area contributed by atoms with Gasteiger partial charge in [0.25, 0.3) is 11.6 Å². The monoisotopic (exact) mass is 388 g/mol. The summed E-state index contributed by atoms with van der Waals surface area (Å²) in [5.41, 5.74) is 2.13. The molecule has 1 aromatic carbocycles. The molecule has 6 nitrogen and oxygen atoms in total. The highest BCUT2D eigenvalue weighted by Crippen LogP contribution is 2.34. The molecule has 1 aliphatic heterocycles. The Bertz CT molecular complexity index is 962. The molecular weight excluding hydrogens is 372 g/mol. The number of carbonyl (C=O) groups excluding carboxylic acids is 1. The maximum atomic E-state index is 12.3. The Hall–Kier alpha value is -2.45. The smallest absolute Gasteiger partial charge is 0.273 e. The van der Waals surface area contributed by atoms with E-state index >= 15 is 0 Å². The summed E-state index contributed by atoms with van der Waals surface area (Å²) in [5, 5.41) is 11.2. The van der Waals surface area contributed by atoms with E-state index < -0.39 is 4.92 Å². The van der Waals surface area contributed by atoms with Crippen molar-refractivity contribution in [1.29, 1.82) is 0 Å². The molecule has 0 bridgehead atoms. The van der Waals surface area contributed by atoms with Gasteiger partial charge in [0, 0.05) is 29.8 Å². The molecule has 2 aromatic rings. The molecule has 26 heavy (non-hydrogen) atoms. The maximum absolute atomic E-state index is 12.3. The molecule has 1 amide bonds. The van der Waals surface area contributed by atoms with Crippen LogP contribution in [0.25, 0.3) is 17.4 Å². The quantitative estimate of drug-likeness (QED) is 0.327. The van der Waals surface area contributed by atoms with Gasteiger partial charge in [-0.2, -0.15) is 0 Å². The predicted molar refractivity (Wildman–Crippen MR) is 106 cm³/mol. The maximum Gasteiger partial charge on any atom is 0.273 e. The molecule has 0 radical (unpaired) electrons. The fourth-order valence-electron chi connectivity index (χ4n) is 2.66.